The molecule has 3 saturated heterocycles. The number of carboxylic acids is 1. The van der Waals surface area contributed by atoms with Crippen LogP contribution in [0.3, 0.4) is 0 Å². The fourth-order valence-corrected chi connectivity index (χ4v) is 19.3. The van der Waals surface area contributed by atoms with Crippen LogP contribution in [0.25, 0.3) is 21.8 Å². The van der Waals surface area contributed by atoms with Gasteiger partial charge >= 0.3 is 5.97 Å². The van der Waals surface area contributed by atoms with Gasteiger partial charge in [0.05, 0.1) is 37.4 Å². The number of nitrogens with one attached hydrogen (secondary N) is 11. The number of carbonyl (C=O) groups excluding carboxylic acids is 16. The van der Waals surface area contributed by atoms with Crippen molar-refractivity contribution >= 4 is 140 Å². The van der Waals surface area contributed by atoms with E-state index in [2.05, 4.69) is 78.5 Å². The number of aromatic nitrogens is 6. The summed E-state index contributed by atoms with van der Waals surface area (Å²) in [5.41, 5.74) is 21.1. The van der Waals surface area contributed by atoms with E-state index in [9.17, 15) is 48.9 Å². The number of hydrogen-bond acceptors (Lipinski definition) is 26. The molecule has 3 aromatic heterocycles. The predicted octanol–water partition coefficient (Wildman–Crippen LogP) is 0.581. The number of nitrogens with two attached hydrogens (primary N) is 3. The van der Waals surface area contributed by atoms with Crippen molar-refractivity contribution in [2.45, 2.75) is 273 Å². The Balaban J connectivity index is 1.05. The highest BCUT2D eigenvalue weighted by atomic mass is 32.2. The zero-order chi connectivity index (χ0) is 104. The number of para-hydroxylation sites is 2. The molecular weight excluding hydrogens is 1870 g/mol. The number of benzene rings is 3. The Morgan fingerprint density at radius 1 is 0.601 bits per heavy atom. The lowest BCUT2D eigenvalue weighted by Gasteiger charge is -2.36. The summed E-state index contributed by atoms with van der Waals surface area (Å²) in [7, 11) is 4.02. The molecule has 4 aliphatic rings. The number of carboxylic acid groups (broad SMARTS) is 1. The summed E-state index contributed by atoms with van der Waals surface area (Å²) >= 11 is 0.792. The third kappa shape index (κ3) is 31.2. The number of aliphatic imine (C=N–C) groups is 1. The molecule has 45 heteroatoms. The number of H-pyrrole nitrogens is 2. The summed E-state index contributed by atoms with van der Waals surface area (Å²) in [5.74, 6) is -17.8. The van der Waals surface area contributed by atoms with Gasteiger partial charge in [-0.3, -0.25) is 86.5 Å². The topological polar surface area (TPSA) is 641 Å². The minimum atomic E-state index is -1.89. The fraction of sp³-hybridized carbons (Fsp3) is 0.561. The van der Waals surface area contributed by atoms with Crippen molar-refractivity contribution in [3.05, 3.63) is 119 Å². The number of carbonyl (C=O) groups is 17. The summed E-state index contributed by atoms with van der Waals surface area (Å²) in [5, 5.41) is 72.6. The summed E-state index contributed by atoms with van der Waals surface area (Å²) in [6, 6.07) is 0.587. The lowest BCUT2D eigenvalue weighted by Crippen LogP contribution is -2.60. The Morgan fingerprint density at radius 3 is 1.88 bits per heavy atom. The maximum atomic E-state index is 16.3. The van der Waals surface area contributed by atoms with E-state index in [1.54, 1.807) is 50.7 Å². The molecule has 0 saturated carbocycles. The van der Waals surface area contributed by atoms with Crippen LogP contribution in [0.4, 0.5) is 0 Å². The number of thioether (sulfide) groups is 1. The van der Waals surface area contributed by atoms with Gasteiger partial charge < -0.3 is 114 Å². The molecule has 10 rings (SSSR count). The van der Waals surface area contributed by atoms with Crippen molar-refractivity contribution in [3.8, 4) is 5.75 Å². The maximum Gasteiger partial charge on any atom is 0.305 e. The van der Waals surface area contributed by atoms with Gasteiger partial charge in [0, 0.05) is 125 Å². The van der Waals surface area contributed by atoms with E-state index in [0.29, 0.717) is 88.4 Å². The SMILES string of the molecule is CCCC[C@H]1C(=O)N(C)[C@@H](CCCC)C(=O)N[C@@H](CC(C)C)C(=O)N[C@H](C(=O)NCC(N)=O)CSCC(=O)N[C@@H](Cc2ccc(O)cc2)C(=O)N(C)[C@@H](C)C(=O)N[C@@H](CC(=O)O)C(=O)N2CCC[C@H]2C(=O)N[C@@H](CC2=CN=CC2)C(=O)N[C@@H](CCCCN)C(=O)N2C[C@H](O)C[C@H]2C(=O)C[C@@H](Cc2c[nH]c3ccccc23)C(=O)N[C@@H](CCCCN)C(=O)N[C@@H](Cc2cn(Cc3nnn[nH]3)c3ccccc23)C(=O)N1C. The number of aliphatic hydroxyl groups is 1. The molecule has 0 spiro atoms. The molecular formula is C98H138N24O20S. The Morgan fingerprint density at radius 2 is 1.22 bits per heavy atom. The number of unbranched alkanes of at least 4 members (excludes halogenated alkanes) is 4. The summed E-state index contributed by atoms with van der Waals surface area (Å²) < 4.78 is 1.85. The number of aliphatic carboxylic acids is 1. The third-order valence-corrected chi connectivity index (χ3v) is 27.5. The van der Waals surface area contributed by atoms with Crippen molar-refractivity contribution in [2.75, 3.05) is 65.4 Å². The Kier molecular flexibility index (Phi) is 42.1. The standard InChI is InChI=1S/C98H138N24O20S/c1-9-11-27-77-92(136)108-70(40-56(3)4)90(134)112-75(88(132)104-50-82(101)126)54-143-55-84(127)105-72(41-58-31-33-63(123)34-32-58)94(138)117(6)57(5)86(130)110-74(47-85(128)129)97(141)121-39-21-30-78(121)93(137)109-71(42-59-35-38-102-48-59)91(135)107-69(26-18-20-37-100)96(140)122-52-64(124)46-80(122)81(125)45-60(43-61-49-103-67-24-15-13-22-65(61)67)87(131)106-68(25-17-19-36-99)89(133)111-73(95(139)119(8)79(28-12-10-2)98(142)118(77)7)44-62-51-120(53-83-113-115-116-114-83)76-29-16-14-23-66(62)76/h13-16,22-24,29,31-34,38,48-49,51,56-57,60,64,68-75,77-80,103,123-124H,9-12,17-21,25-28,30,35-37,39-47,50,52-55,99-100H2,1-8H3,(H2,101,126)(H,104,132)(H,105,127)(H,106,131)(H,107,135)(H,108,136)(H,109,137)(H,110,130)(H,111,133)(H,112,134)(H,128,129)(H,113,114,115,116)/t57-,60+,64+,68-,69-,70-,71-,72-,73-,74-,75-,77-,78-,79-,80-/m0/s1. The number of ketones is 1. The quantitative estimate of drug-likeness (QED) is 0.0265. The molecule has 15 amide bonds. The van der Waals surface area contributed by atoms with Crippen molar-refractivity contribution in [3.63, 3.8) is 0 Å². The number of phenols is 1. The van der Waals surface area contributed by atoms with Crippen molar-refractivity contribution in [1.82, 2.24) is 103 Å². The van der Waals surface area contributed by atoms with Crippen LogP contribution < -0.4 is 65.1 Å². The van der Waals surface area contributed by atoms with Crippen LogP contribution in [-0.2, 0) is 107 Å². The van der Waals surface area contributed by atoms with Crippen LogP contribution in [0.15, 0.2) is 102 Å². The highest BCUT2D eigenvalue weighted by Gasteiger charge is 2.47. The van der Waals surface area contributed by atoms with E-state index < -0.39 is 228 Å². The molecule has 3 aromatic carbocycles. The number of amides is 15. The van der Waals surface area contributed by atoms with Gasteiger partial charge in [0.15, 0.2) is 11.6 Å². The van der Waals surface area contributed by atoms with Crippen LogP contribution in [0, 0.1) is 11.8 Å². The zero-order valence-electron chi connectivity index (χ0n) is 82.3. The second-order valence-electron chi connectivity index (χ2n) is 37.6. The Hall–Kier alpha value is -13.6. The number of likely N-dealkylation sites (N-methyl/N-ethyl adjacent to an activating group) is 3. The van der Waals surface area contributed by atoms with E-state index in [1.807, 2.05) is 48.7 Å². The second kappa shape index (κ2) is 54.1. The van der Waals surface area contributed by atoms with Crippen LogP contribution in [0.2, 0.25) is 0 Å². The number of primary amides is 1. The number of phenolic OH excluding ortho intramolecular Hbond substituents is 1. The van der Waals surface area contributed by atoms with Crippen molar-refractivity contribution < 1.29 is 96.8 Å². The molecule has 44 nitrogen and oxygen atoms in total. The number of nitrogens with zero attached hydrogens (tertiary/aromatic N) is 10. The molecule has 0 radical (unpaired) electrons. The van der Waals surface area contributed by atoms with E-state index >= 15 is 47.9 Å². The average molecular weight is 2000 g/mol. The predicted molar refractivity (Wildman–Crippen MR) is 529 cm³/mol. The van der Waals surface area contributed by atoms with Crippen molar-refractivity contribution in [1.29, 1.82) is 0 Å². The lowest BCUT2D eigenvalue weighted by molar-refractivity contribution is -0.149. The minimum absolute atomic E-state index is 0.0214. The number of hydrogen-bond donors (Lipinski definition) is 17. The molecule has 20 N–H and O–H groups in total. The summed E-state index contributed by atoms with van der Waals surface area (Å²) in [6.07, 6.45) is 5.50. The van der Waals surface area contributed by atoms with Gasteiger partial charge in [-0.1, -0.05) is 102 Å². The number of Topliss-reactive ketones (excluding diaryl/α,β-unsaturated/α-hetero) is 1. The van der Waals surface area contributed by atoms with Crippen LogP contribution >= 0.6 is 11.8 Å². The first kappa shape index (κ1) is 111. The first-order chi connectivity index (χ1) is 68.4. The van der Waals surface area contributed by atoms with Crippen LogP contribution in [0.1, 0.15) is 186 Å². The number of rotatable bonds is 31. The first-order valence-electron chi connectivity index (χ1n) is 49.0. The van der Waals surface area contributed by atoms with E-state index in [4.69, 9.17) is 17.2 Å². The Labute approximate surface area is 833 Å². The first-order valence-corrected chi connectivity index (χ1v) is 50.2. The second-order valence-corrected chi connectivity index (χ2v) is 38.7. The molecule has 6 aromatic rings. The smallest absolute Gasteiger partial charge is 0.305 e. The largest absolute Gasteiger partial charge is 0.508 e. The van der Waals surface area contributed by atoms with Gasteiger partial charge in [0.25, 0.3) is 0 Å². The van der Waals surface area contributed by atoms with E-state index in [1.165, 1.54) is 68.3 Å². The summed E-state index contributed by atoms with van der Waals surface area (Å²) in [6.45, 7) is 7.73. The number of aliphatic hydroxyl groups excluding tert-OH is 1. The van der Waals surface area contributed by atoms with Crippen LogP contribution in [-0.4, -0.2) is 327 Å². The molecule has 143 heavy (non-hydrogen) atoms. The van der Waals surface area contributed by atoms with E-state index in [0.717, 1.165) is 26.5 Å². The molecule has 0 aliphatic carbocycles. The maximum absolute atomic E-state index is 16.3. The van der Waals surface area contributed by atoms with Gasteiger partial charge in [-0.2, -0.15) is 0 Å². The number of aromatic amines is 2. The molecule has 776 valence electrons. The van der Waals surface area contributed by atoms with Crippen LogP contribution in [0.5, 0.6) is 5.75 Å². The highest BCUT2D eigenvalue weighted by molar-refractivity contribution is 8.00. The molecule has 0 bridgehead atoms. The summed E-state index contributed by atoms with van der Waals surface area (Å²) in [4.78, 5) is 267. The van der Waals surface area contributed by atoms with Gasteiger partial charge in [0.2, 0.25) is 88.6 Å². The van der Waals surface area contributed by atoms with Gasteiger partial charge in [-0.25, -0.2) is 5.10 Å². The molecule has 3 fully saturated rings. The molecule has 15 atom stereocenters. The fourth-order valence-electron chi connectivity index (χ4n) is 18.5. The van der Waals surface area contributed by atoms with Gasteiger partial charge in [-0.05, 0) is 166 Å². The van der Waals surface area contributed by atoms with E-state index in [-0.39, 0.29) is 134 Å². The van der Waals surface area contributed by atoms with Crippen molar-refractivity contribution in [2.24, 2.45) is 34.0 Å². The Bertz CT molecular complexity index is 5540. The lowest BCUT2D eigenvalue weighted by atomic mass is 9.90. The number of fused-ring (bicyclic) bond motifs is 4. The van der Waals surface area contributed by atoms with Gasteiger partial charge in [0.1, 0.15) is 78.3 Å². The average Bonchev–Trinajstić information content (AvgIpc) is 1.71. The number of aromatic hydroxyl groups is 1. The highest BCUT2D eigenvalue weighted by Crippen LogP contribution is 2.32. The molecule has 0 unspecified atom stereocenters. The monoisotopic (exact) mass is 2000 g/mol. The zero-order valence-corrected chi connectivity index (χ0v) is 83.1. The molecule has 7 heterocycles. The third-order valence-electron chi connectivity index (χ3n) is 26.4. The van der Waals surface area contributed by atoms with Gasteiger partial charge in [-0.15, -0.1) is 16.9 Å². The molecule has 4 aliphatic heterocycles. The number of tetrazole rings is 1. The normalized spacial score (nSPS) is 24.6. The minimum Gasteiger partial charge on any atom is -0.508 e.